The molecule has 0 unspecified atom stereocenters. The zero-order chi connectivity index (χ0) is 10.8. The van der Waals surface area contributed by atoms with Crippen molar-refractivity contribution in [3.8, 4) is 0 Å². The van der Waals surface area contributed by atoms with Crippen LogP contribution in [-0.2, 0) is 24.7 Å². The molecule has 0 N–H and O–H groups in total. The first-order chi connectivity index (χ1) is 7.75. The van der Waals surface area contributed by atoms with Crippen LogP contribution in [0.4, 0.5) is 0 Å². The number of allylic oxidation sites excluding steroid dienone is 4. The van der Waals surface area contributed by atoms with Crippen molar-refractivity contribution >= 4 is 24.8 Å². The first-order valence-corrected chi connectivity index (χ1v) is 8.10. The van der Waals surface area contributed by atoms with Crippen molar-refractivity contribution in [2.24, 2.45) is 23.2 Å². The van der Waals surface area contributed by atoms with Crippen LogP contribution in [0.1, 0.15) is 44.9 Å². The van der Waals surface area contributed by atoms with Gasteiger partial charge in [0.15, 0.2) is 0 Å². The van der Waals surface area contributed by atoms with Crippen molar-refractivity contribution in [2.75, 3.05) is 0 Å². The third-order valence-corrected chi connectivity index (χ3v) is 6.70. The molecular weight excluding hydrogens is 342 g/mol. The average Bonchev–Trinajstić information content (AvgIpc) is 2.62. The molecule has 0 nitrogen and oxygen atoms in total. The molecule has 0 spiro atoms. The van der Waals surface area contributed by atoms with Gasteiger partial charge in [-0.3, -0.25) is 0 Å². The van der Waals surface area contributed by atoms with Gasteiger partial charge in [0, 0.05) is 0 Å². The Balaban J connectivity index is 0.000000602. The summed E-state index contributed by atoms with van der Waals surface area (Å²) in [6, 6.07) is 0. The molecule has 0 amide bonds. The molecule has 5 aliphatic carbocycles. The van der Waals surface area contributed by atoms with Crippen molar-refractivity contribution in [3.63, 3.8) is 0 Å². The van der Waals surface area contributed by atoms with Gasteiger partial charge in [-0.1, -0.05) is 0 Å². The van der Waals surface area contributed by atoms with Gasteiger partial charge in [-0.15, -0.1) is 24.8 Å². The quantitative estimate of drug-likeness (QED) is 0.627. The van der Waals surface area contributed by atoms with E-state index in [1.54, 1.807) is 47.3 Å². The molecule has 0 radical (unpaired) electrons. The third-order valence-electron chi connectivity index (χ3n) is 5.54. The molecule has 3 heteroatoms. The number of hydrogen-bond acceptors (Lipinski definition) is 0. The second-order valence-corrected chi connectivity index (χ2v) is 8.18. The Hall–Kier alpha value is 0.943. The number of rotatable bonds is 1. The van der Waals surface area contributed by atoms with E-state index in [1.807, 2.05) is 5.57 Å². The van der Waals surface area contributed by atoms with Crippen molar-refractivity contribution < 1.29 is 24.7 Å². The molecule has 0 heterocycles. The van der Waals surface area contributed by atoms with E-state index in [1.165, 1.54) is 25.7 Å². The summed E-state index contributed by atoms with van der Waals surface area (Å²) in [6.45, 7) is 0. The molecule has 5 aliphatic rings. The number of halogens is 2. The second-order valence-electron chi connectivity index (χ2n) is 6.70. The van der Waals surface area contributed by atoms with E-state index < -0.39 is 0 Å². The van der Waals surface area contributed by atoms with E-state index in [0.717, 1.165) is 17.8 Å². The minimum absolute atomic E-state index is 0. The van der Waals surface area contributed by atoms with Gasteiger partial charge in [-0.05, 0) is 0 Å². The van der Waals surface area contributed by atoms with Gasteiger partial charge in [0.2, 0.25) is 0 Å². The molecule has 0 aromatic carbocycles. The summed E-state index contributed by atoms with van der Waals surface area (Å²) >= 11 is 1.68. The number of hydrogen-bond donors (Lipinski definition) is 0. The summed E-state index contributed by atoms with van der Waals surface area (Å²) in [7, 11) is 0. The maximum absolute atomic E-state index is 2.50. The van der Waals surface area contributed by atoms with Crippen LogP contribution in [0.25, 0.3) is 0 Å². The molecule has 0 aromatic rings. The van der Waals surface area contributed by atoms with Gasteiger partial charge in [0.05, 0.1) is 0 Å². The fraction of sp³-hybridized carbons (Fsp3) is 0.733. The van der Waals surface area contributed by atoms with Crippen LogP contribution in [0.3, 0.4) is 0 Å². The first kappa shape index (κ1) is 15.3. The molecule has 18 heavy (non-hydrogen) atoms. The summed E-state index contributed by atoms with van der Waals surface area (Å²) in [4.78, 5) is 0. The van der Waals surface area contributed by atoms with Gasteiger partial charge in [0.25, 0.3) is 0 Å². The predicted octanol–water partition coefficient (Wildman–Crippen LogP) is 4.81. The van der Waals surface area contributed by atoms with E-state index in [4.69, 9.17) is 0 Å². The molecule has 4 bridgehead atoms. The second kappa shape index (κ2) is 5.38. The van der Waals surface area contributed by atoms with Crippen molar-refractivity contribution in [3.05, 3.63) is 21.0 Å². The van der Waals surface area contributed by atoms with Crippen LogP contribution < -0.4 is 0 Å². The van der Waals surface area contributed by atoms with E-state index in [0.29, 0.717) is 5.41 Å². The van der Waals surface area contributed by atoms with Crippen LogP contribution in [0.5, 0.6) is 0 Å². The standard InChI is InChI=1S/C15H19.2ClH.Zr/c1-2-4-14(3-1)15-8-11-5-12(9-15)7-13(6-11)10-15;;;/h1,3,11-13H,2,5-10H2;2*1H;. The van der Waals surface area contributed by atoms with Crippen LogP contribution in [0.15, 0.2) is 21.0 Å². The Bertz CT molecular complexity index is 362. The Morgan fingerprint density at radius 2 is 1.44 bits per heavy atom. The molecule has 0 saturated heterocycles. The normalized spacial score (nSPS) is 43.8. The Morgan fingerprint density at radius 1 is 0.944 bits per heavy atom. The molecule has 0 aliphatic heterocycles. The molecule has 4 fully saturated rings. The van der Waals surface area contributed by atoms with Gasteiger partial charge < -0.3 is 0 Å². The zero-order valence-corrected chi connectivity index (χ0v) is 14.7. The topological polar surface area (TPSA) is 0 Å². The molecule has 5 rings (SSSR count). The van der Waals surface area contributed by atoms with Gasteiger partial charge in [0.1, 0.15) is 0 Å². The van der Waals surface area contributed by atoms with Gasteiger partial charge >= 0.3 is 114 Å². The van der Waals surface area contributed by atoms with Crippen molar-refractivity contribution in [1.29, 1.82) is 0 Å². The van der Waals surface area contributed by atoms with Gasteiger partial charge in [-0.2, -0.15) is 0 Å². The summed E-state index contributed by atoms with van der Waals surface area (Å²) < 4.78 is 1.77. The molecule has 0 atom stereocenters. The van der Waals surface area contributed by atoms with Crippen LogP contribution in [-0.4, -0.2) is 0 Å². The molecule has 99 valence electrons. The van der Waals surface area contributed by atoms with E-state index in [9.17, 15) is 0 Å². The molecular formula is C15H21Cl2Zr. The van der Waals surface area contributed by atoms with Crippen LogP contribution in [0.2, 0.25) is 0 Å². The predicted molar refractivity (Wildman–Crippen MR) is 75.9 cm³/mol. The van der Waals surface area contributed by atoms with Crippen LogP contribution in [0, 0.1) is 23.2 Å². The molecule has 4 saturated carbocycles. The Kier molecular flexibility index (Phi) is 4.58. The first-order valence-electron chi connectivity index (χ1n) is 6.87. The summed E-state index contributed by atoms with van der Waals surface area (Å²) in [6.07, 6.45) is 15.5. The zero-order valence-electron chi connectivity index (χ0n) is 10.7. The maximum atomic E-state index is 2.50. The van der Waals surface area contributed by atoms with Crippen molar-refractivity contribution in [1.82, 2.24) is 0 Å². The monoisotopic (exact) mass is 361 g/mol. The Morgan fingerprint density at radius 3 is 1.83 bits per heavy atom. The fourth-order valence-electron chi connectivity index (χ4n) is 5.44. The summed E-state index contributed by atoms with van der Waals surface area (Å²) in [5, 5.41) is 0. The molecule has 0 aromatic heterocycles. The SMILES string of the molecule is Cl.Cl.[Zr][C]1=C(C23CC4CC(CC(C4)C2)C3)C=CC1. The van der Waals surface area contributed by atoms with Gasteiger partial charge in [-0.25, -0.2) is 0 Å². The minimum atomic E-state index is 0. The van der Waals surface area contributed by atoms with Crippen molar-refractivity contribution in [2.45, 2.75) is 44.9 Å². The Labute approximate surface area is 138 Å². The fourth-order valence-corrected chi connectivity index (χ4v) is 6.59. The van der Waals surface area contributed by atoms with E-state index in [2.05, 4.69) is 12.2 Å². The summed E-state index contributed by atoms with van der Waals surface area (Å²) in [5.74, 6) is 3.28. The van der Waals surface area contributed by atoms with E-state index >= 15 is 0 Å². The average molecular weight is 363 g/mol. The third kappa shape index (κ3) is 2.23. The van der Waals surface area contributed by atoms with Crippen LogP contribution >= 0.6 is 24.8 Å². The van der Waals surface area contributed by atoms with E-state index in [-0.39, 0.29) is 24.8 Å². The summed E-state index contributed by atoms with van der Waals surface area (Å²) in [5.41, 5.74) is 2.48.